The molecular weight excluding hydrogens is 332 g/mol. The molecule has 1 aromatic carbocycles. The summed E-state index contributed by atoms with van der Waals surface area (Å²) in [5, 5.41) is 14.4. The molecule has 0 N–H and O–H groups in total. The van der Waals surface area contributed by atoms with Crippen LogP contribution in [0.4, 0.5) is 0 Å². The van der Waals surface area contributed by atoms with Crippen molar-refractivity contribution in [2.24, 2.45) is 0 Å². The van der Waals surface area contributed by atoms with E-state index in [1.807, 2.05) is 24.3 Å². The van der Waals surface area contributed by atoms with Crippen molar-refractivity contribution in [2.45, 2.75) is 39.2 Å². The molecule has 0 aliphatic carbocycles. The molecule has 0 bridgehead atoms. The number of fused-ring (bicyclic) bond motifs is 3. The number of nitrogens with zero attached hydrogens (tertiary/aromatic N) is 4. The van der Waals surface area contributed by atoms with Gasteiger partial charge in [-0.25, -0.2) is 10.0 Å². The molecule has 2 heterocycles. The summed E-state index contributed by atoms with van der Waals surface area (Å²) in [4.78, 5) is 21.6. The Morgan fingerprint density at radius 2 is 2.15 bits per heavy atom. The third kappa shape index (κ3) is 3.35. The summed E-state index contributed by atoms with van der Waals surface area (Å²) in [7, 11) is 3.09. The minimum Gasteiger partial charge on any atom is -0.618 e. The molecule has 0 aliphatic rings. The molecule has 3 aromatic rings. The van der Waals surface area contributed by atoms with Crippen LogP contribution in [0.1, 0.15) is 32.0 Å². The first-order valence-corrected chi connectivity index (χ1v) is 8.87. The second kappa shape index (κ2) is 7.70. The van der Waals surface area contributed by atoms with Gasteiger partial charge in [-0.05, 0) is 18.9 Å². The Hall–Kier alpha value is -2.67. The van der Waals surface area contributed by atoms with Crippen LogP contribution in [-0.4, -0.2) is 34.7 Å². The number of hydrogen-bond donors (Lipinski definition) is 0. The number of pyridine rings is 1. The van der Waals surface area contributed by atoms with Crippen LogP contribution < -0.4 is 4.73 Å². The van der Waals surface area contributed by atoms with Gasteiger partial charge in [0.2, 0.25) is 17.6 Å². The van der Waals surface area contributed by atoms with Gasteiger partial charge in [0.25, 0.3) is 0 Å². The van der Waals surface area contributed by atoms with E-state index in [-0.39, 0.29) is 5.91 Å². The molecule has 0 fully saturated rings. The van der Waals surface area contributed by atoms with Crippen molar-refractivity contribution in [3.05, 3.63) is 41.5 Å². The smallest absolute Gasteiger partial charge is 0.245 e. The molecule has 0 aliphatic heterocycles. The average molecular weight is 356 g/mol. The molecule has 0 spiro atoms. The van der Waals surface area contributed by atoms with Gasteiger partial charge < -0.3 is 9.77 Å². The van der Waals surface area contributed by atoms with Gasteiger partial charge >= 0.3 is 0 Å². The number of hydrogen-bond acceptors (Lipinski definition) is 4. The Kier molecular flexibility index (Phi) is 5.37. The number of carbonyl (C=O) groups is 1. The van der Waals surface area contributed by atoms with E-state index in [4.69, 9.17) is 4.84 Å². The number of para-hydroxylation sites is 1. The van der Waals surface area contributed by atoms with Crippen molar-refractivity contribution in [2.75, 3.05) is 14.2 Å². The lowest BCUT2D eigenvalue weighted by Gasteiger charge is -2.14. The minimum atomic E-state index is -0.0591. The van der Waals surface area contributed by atoms with Crippen molar-refractivity contribution in [1.82, 2.24) is 14.6 Å². The van der Waals surface area contributed by atoms with Crippen molar-refractivity contribution in [3.8, 4) is 0 Å². The summed E-state index contributed by atoms with van der Waals surface area (Å²) in [6.07, 6.45) is 4.39. The molecule has 0 radical (unpaired) electrons. The normalized spacial score (nSPS) is 11.3. The molecule has 1 amide bonds. The van der Waals surface area contributed by atoms with Crippen LogP contribution in [0, 0.1) is 5.21 Å². The topological polar surface area (TPSA) is 74.3 Å². The highest BCUT2D eigenvalue weighted by atomic mass is 16.7. The monoisotopic (exact) mass is 356 g/mol. The highest BCUT2D eigenvalue weighted by molar-refractivity contribution is 6.00. The second-order valence-corrected chi connectivity index (χ2v) is 6.31. The van der Waals surface area contributed by atoms with Gasteiger partial charge in [0.05, 0.1) is 18.0 Å². The number of hydroxylamine groups is 2. The molecular formula is C19H24N4O3. The number of aromatic nitrogens is 3. The fraction of sp³-hybridized carbons (Fsp3) is 0.421. The maximum absolute atomic E-state index is 12.3. The molecule has 7 nitrogen and oxygen atoms in total. The van der Waals surface area contributed by atoms with E-state index in [1.165, 1.54) is 18.4 Å². The highest BCUT2D eigenvalue weighted by Gasteiger charge is 2.18. The molecule has 3 rings (SSSR count). The Morgan fingerprint density at radius 3 is 2.88 bits per heavy atom. The number of amides is 1. The Labute approximate surface area is 152 Å². The lowest BCUT2D eigenvalue weighted by atomic mass is 10.2. The zero-order chi connectivity index (χ0) is 18.7. The third-order valence-electron chi connectivity index (χ3n) is 4.58. The quantitative estimate of drug-likeness (QED) is 0.370. The lowest BCUT2D eigenvalue weighted by molar-refractivity contribution is -0.575. The molecule has 138 valence electrons. The van der Waals surface area contributed by atoms with E-state index >= 15 is 0 Å². The van der Waals surface area contributed by atoms with Crippen molar-refractivity contribution in [1.29, 1.82) is 0 Å². The number of rotatable bonds is 7. The summed E-state index contributed by atoms with van der Waals surface area (Å²) < 4.78 is 3.03. The molecule has 7 heteroatoms. The van der Waals surface area contributed by atoms with Gasteiger partial charge in [-0.2, -0.15) is 4.73 Å². The summed E-state index contributed by atoms with van der Waals surface area (Å²) in [6.45, 7) is 2.77. The van der Waals surface area contributed by atoms with Crippen LogP contribution in [0.2, 0.25) is 0 Å². The molecule has 0 unspecified atom stereocenters. The first-order valence-electron chi connectivity index (χ1n) is 8.87. The first kappa shape index (κ1) is 18.1. The van der Waals surface area contributed by atoms with Crippen LogP contribution >= 0.6 is 0 Å². The Morgan fingerprint density at radius 1 is 1.38 bits per heavy atom. The summed E-state index contributed by atoms with van der Waals surface area (Å²) in [6, 6.07) is 7.55. The van der Waals surface area contributed by atoms with E-state index in [2.05, 4.69) is 16.5 Å². The van der Waals surface area contributed by atoms with Crippen LogP contribution in [0.5, 0.6) is 0 Å². The van der Waals surface area contributed by atoms with Crippen molar-refractivity contribution < 1.29 is 14.4 Å². The van der Waals surface area contributed by atoms with E-state index < -0.39 is 0 Å². The van der Waals surface area contributed by atoms with Gasteiger partial charge in [0.1, 0.15) is 5.82 Å². The fourth-order valence-electron chi connectivity index (χ4n) is 3.24. The Balaban J connectivity index is 2.00. The number of carbonyl (C=O) groups excluding carboxylic acids is 1. The van der Waals surface area contributed by atoms with E-state index in [0.717, 1.165) is 34.3 Å². The minimum absolute atomic E-state index is 0.0591. The SMILES string of the molecule is CCCc1nc2c[n+]([O-])c3ccccc3c2n1CCCC(=O)N(C)OC. The Bertz CT molecular complexity index is 935. The average Bonchev–Trinajstić information content (AvgIpc) is 2.98. The molecule has 26 heavy (non-hydrogen) atoms. The van der Waals surface area contributed by atoms with Gasteiger partial charge in [-0.15, -0.1) is 0 Å². The zero-order valence-electron chi connectivity index (χ0n) is 15.4. The third-order valence-corrected chi connectivity index (χ3v) is 4.58. The van der Waals surface area contributed by atoms with Gasteiger partial charge in [0.15, 0.2) is 5.52 Å². The lowest BCUT2D eigenvalue weighted by Crippen LogP contribution is -2.26. The standard InChI is InChI=1S/C19H24N4O3/c1-4-8-17-20-15-13-23(25)16-10-6-5-9-14(16)19(15)22(17)12-7-11-18(24)21(2)26-3/h5-6,9-10,13H,4,7-8,11-12H2,1-3H3. The predicted molar refractivity (Wildman–Crippen MR) is 99.2 cm³/mol. The molecule has 0 atom stereocenters. The van der Waals surface area contributed by atoms with Crippen LogP contribution in [0.15, 0.2) is 30.5 Å². The molecule has 0 saturated heterocycles. The van der Waals surface area contributed by atoms with Gasteiger partial charge in [0, 0.05) is 32.5 Å². The summed E-state index contributed by atoms with van der Waals surface area (Å²) in [5.41, 5.74) is 2.28. The largest absolute Gasteiger partial charge is 0.618 e. The van der Waals surface area contributed by atoms with Crippen molar-refractivity contribution >= 4 is 27.8 Å². The number of imidazole rings is 1. The summed E-state index contributed by atoms with van der Waals surface area (Å²) >= 11 is 0. The van der Waals surface area contributed by atoms with E-state index in [1.54, 1.807) is 7.05 Å². The van der Waals surface area contributed by atoms with Crippen LogP contribution in [0.3, 0.4) is 0 Å². The molecule has 2 aromatic heterocycles. The zero-order valence-corrected chi connectivity index (χ0v) is 15.4. The van der Waals surface area contributed by atoms with E-state index in [9.17, 15) is 10.0 Å². The summed E-state index contributed by atoms with van der Waals surface area (Å²) in [5.74, 6) is 0.891. The predicted octanol–water partition coefficient (Wildman–Crippen LogP) is 2.58. The highest BCUT2D eigenvalue weighted by Crippen LogP contribution is 2.25. The van der Waals surface area contributed by atoms with Gasteiger partial charge in [-0.3, -0.25) is 9.63 Å². The van der Waals surface area contributed by atoms with Crippen LogP contribution in [0.25, 0.3) is 21.9 Å². The second-order valence-electron chi connectivity index (χ2n) is 6.31. The van der Waals surface area contributed by atoms with Gasteiger partial charge in [-0.1, -0.05) is 19.1 Å². The van der Waals surface area contributed by atoms with Crippen LogP contribution in [-0.2, 0) is 22.6 Å². The van der Waals surface area contributed by atoms with Crippen molar-refractivity contribution in [3.63, 3.8) is 0 Å². The molecule has 0 saturated carbocycles. The number of aryl methyl sites for hydroxylation is 2. The fourth-order valence-corrected chi connectivity index (χ4v) is 3.24. The first-order chi connectivity index (χ1) is 12.6. The number of benzene rings is 1. The maximum Gasteiger partial charge on any atom is 0.245 e. The maximum atomic E-state index is 12.3. The van der Waals surface area contributed by atoms with E-state index in [0.29, 0.717) is 30.4 Å².